The zero-order valence-corrected chi connectivity index (χ0v) is 14.1. The lowest BCUT2D eigenvalue weighted by Gasteiger charge is -2.12. The molecule has 0 bridgehead atoms. The Bertz CT molecular complexity index is 590. The van der Waals surface area contributed by atoms with Crippen molar-refractivity contribution in [3.05, 3.63) is 55.9 Å². The summed E-state index contributed by atoms with van der Waals surface area (Å²) in [6, 6.07) is 11.7. The number of methoxy groups -OCH3 is 1. The first-order valence-electron chi connectivity index (χ1n) is 5.61. The van der Waals surface area contributed by atoms with E-state index in [4.69, 9.17) is 16.3 Å². The maximum absolute atomic E-state index is 5.96. The van der Waals surface area contributed by atoms with E-state index in [0.29, 0.717) is 6.54 Å². The highest BCUT2D eigenvalue weighted by Gasteiger charge is 2.07. The smallest absolute Gasteiger partial charge is 0.135 e. The van der Waals surface area contributed by atoms with Gasteiger partial charge in [-0.1, -0.05) is 23.7 Å². The van der Waals surface area contributed by atoms with E-state index in [1.54, 1.807) is 7.11 Å². The molecule has 0 spiro atoms. The molecule has 0 aliphatic carbocycles. The van der Waals surface area contributed by atoms with Gasteiger partial charge in [0.05, 0.1) is 17.3 Å². The van der Waals surface area contributed by atoms with Crippen LogP contribution in [-0.2, 0) is 6.54 Å². The second kappa shape index (κ2) is 6.64. The molecule has 0 aromatic heterocycles. The van der Waals surface area contributed by atoms with Crippen molar-refractivity contribution < 1.29 is 4.74 Å². The van der Waals surface area contributed by atoms with E-state index < -0.39 is 0 Å². The van der Waals surface area contributed by atoms with Gasteiger partial charge in [0.1, 0.15) is 5.75 Å². The zero-order valence-electron chi connectivity index (χ0n) is 10.2. The molecule has 2 nitrogen and oxygen atoms in total. The first kappa shape index (κ1) is 14.7. The molecule has 0 radical (unpaired) electrons. The van der Waals surface area contributed by atoms with E-state index in [2.05, 4.69) is 37.2 Å². The van der Waals surface area contributed by atoms with Crippen molar-refractivity contribution >= 4 is 49.1 Å². The molecule has 0 fully saturated rings. The second-order valence-corrected chi connectivity index (χ2v) is 6.10. The van der Waals surface area contributed by atoms with Crippen molar-refractivity contribution in [2.45, 2.75) is 6.54 Å². The summed E-state index contributed by atoms with van der Waals surface area (Å²) in [4.78, 5) is 0. The van der Waals surface area contributed by atoms with Crippen LogP contribution in [0.1, 0.15) is 5.56 Å². The molecule has 19 heavy (non-hydrogen) atoms. The Hall–Kier alpha value is -0.710. The van der Waals surface area contributed by atoms with E-state index in [-0.39, 0.29) is 0 Å². The van der Waals surface area contributed by atoms with Crippen LogP contribution in [0.2, 0.25) is 5.02 Å². The largest absolute Gasteiger partial charge is 0.495 e. The maximum Gasteiger partial charge on any atom is 0.135 e. The van der Waals surface area contributed by atoms with E-state index in [1.165, 1.54) is 0 Å². The van der Waals surface area contributed by atoms with Crippen LogP contribution in [0, 0.1) is 0 Å². The molecule has 5 heteroatoms. The van der Waals surface area contributed by atoms with Gasteiger partial charge in [0.15, 0.2) is 0 Å². The third-order valence-corrected chi connectivity index (χ3v) is 4.12. The lowest BCUT2D eigenvalue weighted by atomic mass is 10.2. The molecule has 0 saturated carbocycles. The molecule has 0 aliphatic heterocycles. The molecule has 0 saturated heterocycles. The lowest BCUT2D eigenvalue weighted by molar-refractivity contribution is 0.412. The summed E-state index contributed by atoms with van der Waals surface area (Å²) in [6.07, 6.45) is 0. The van der Waals surface area contributed by atoms with E-state index >= 15 is 0 Å². The van der Waals surface area contributed by atoms with Gasteiger partial charge >= 0.3 is 0 Å². The SMILES string of the molecule is COc1cc(NCc2cccc(Cl)c2)c(Br)cc1Br. The fraction of sp³-hybridized carbons (Fsp3) is 0.143. The molecule has 2 aromatic carbocycles. The average molecular weight is 406 g/mol. The number of ether oxygens (including phenoxy) is 1. The maximum atomic E-state index is 5.96. The number of hydrogen-bond acceptors (Lipinski definition) is 2. The fourth-order valence-corrected chi connectivity index (χ4v) is 3.17. The van der Waals surface area contributed by atoms with Crippen molar-refractivity contribution in [1.29, 1.82) is 0 Å². The van der Waals surface area contributed by atoms with Crippen LogP contribution in [0.3, 0.4) is 0 Å². The minimum absolute atomic E-state index is 0.698. The summed E-state index contributed by atoms with van der Waals surface area (Å²) in [5, 5.41) is 4.09. The second-order valence-electron chi connectivity index (χ2n) is 3.95. The number of rotatable bonds is 4. The van der Waals surface area contributed by atoms with E-state index in [0.717, 1.165) is 31.0 Å². The van der Waals surface area contributed by atoms with Crippen molar-refractivity contribution in [2.75, 3.05) is 12.4 Å². The van der Waals surface area contributed by atoms with Crippen LogP contribution in [-0.4, -0.2) is 7.11 Å². The van der Waals surface area contributed by atoms with Crippen LogP contribution >= 0.6 is 43.5 Å². The first-order chi connectivity index (χ1) is 9.10. The van der Waals surface area contributed by atoms with Gasteiger partial charge in [-0.25, -0.2) is 0 Å². The summed E-state index contributed by atoms with van der Waals surface area (Å²) >= 11 is 12.9. The lowest BCUT2D eigenvalue weighted by Crippen LogP contribution is -2.00. The minimum Gasteiger partial charge on any atom is -0.495 e. The Morgan fingerprint density at radius 1 is 1.16 bits per heavy atom. The number of nitrogens with one attached hydrogen (secondary N) is 1. The Kier molecular flexibility index (Phi) is 5.13. The highest BCUT2D eigenvalue weighted by Crippen LogP contribution is 2.34. The monoisotopic (exact) mass is 403 g/mol. The molecular formula is C14H12Br2ClNO. The third-order valence-electron chi connectivity index (χ3n) is 2.61. The first-order valence-corrected chi connectivity index (χ1v) is 7.58. The fourth-order valence-electron chi connectivity index (χ4n) is 1.67. The summed E-state index contributed by atoms with van der Waals surface area (Å²) in [5.74, 6) is 0.789. The highest BCUT2D eigenvalue weighted by atomic mass is 79.9. The summed E-state index contributed by atoms with van der Waals surface area (Å²) < 4.78 is 7.17. The van der Waals surface area contributed by atoms with Gasteiger partial charge in [-0.15, -0.1) is 0 Å². The van der Waals surface area contributed by atoms with E-state index in [1.807, 2.05) is 36.4 Å². The van der Waals surface area contributed by atoms with Gasteiger partial charge in [-0.2, -0.15) is 0 Å². The predicted octanol–water partition coefficient (Wildman–Crippen LogP) is 5.49. The van der Waals surface area contributed by atoms with Gasteiger partial charge in [0.2, 0.25) is 0 Å². The normalized spacial score (nSPS) is 10.3. The standard InChI is InChI=1S/C14H12Br2ClNO/c1-19-14-7-13(11(15)6-12(14)16)18-8-9-3-2-4-10(17)5-9/h2-7,18H,8H2,1H3. The van der Waals surface area contributed by atoms with E-state index in [9.17, 15) is 0 Å². The Balaban J connectivity index is 2.15. The Morgan fingerprint density at radius 2 is 1.95 bits per heavy atom. The number of anilines is 1. The van der Waals surface area contributed by atoms with Crippen molar-refractivity contribution in [2.24, 2.45) is 0 Å². The Labute approximate surface area is 134 Å². The van der Waals surface area contributed by atoms with Crippen LogP contribution in [0.4, 0.5) is 5.69 Å². The van der Waals surface area contributed by atoms with Crippen LogP contribution in [0.25, 0.3) is 0 Å². The van der Waals surface area contributed by atoms with Gasteiger partial charge in [0, 0.05) is 22.1 Å². The molecular weight excluding hydrogens is 393 g/mol. The Morgan fingerprint density at radius 3 is 2.63 bits per heavy atom. The summed E-state index contributed by atoms with van der Waals surface area (Å²) in [6.45, 7) is 0.698. The minimum atomic E-state index is 0.698. The van der Waals surface area contributed by atoms with Crippen molar-refractivity contribution in [1.82, 2.24) is 0 Å². The molecule has 0 heterocycles. The average Bonchev–Trinajstić information content (AvgIpc) is 2.38. The molecule has 2 aromatic rings. The van der Waals surface area contributed by atoms with Gasteiger partial charge in [-0.3, -0.25) is 0 Å². The quantitative estimate of drug-likeness (QED) is 0.727. The molecule has 0 aliphatic rings. The molecule has 100 valence electrons. The van der Waals surface area contributed by atoms with Crippen LogP contribution in [0.5, 0.6) is 5.75 Å². The third kappa shape index (κ3) is 3.88. The summed E-state index contributed by atoms with van der Waals surface area (Å²) in [5.41, 5.74) is 2.10. The highest BCUT2D eigenvalue weighted by molar-refractivity contribution is 9.11. The molecule has 0 amide bonds. The molecule has 1 N–H and O–H groups in total. The number of benzene rings is 2. The molecule has 0 atom stereocenters. The molecule has 0 unspecified atom stereocenters. The zero-order chi connectivity index (χ0) is 13.8. The molecule has 2 rings (SSSR count). The van der Waals surface area contributed by atoms with Gasteiger partial charge < -0.3 is 10.1 Å². The van der Waals surface area contributed by atoms with Crippen LogP contribution < -0.4 is 10.1 Å². The van der Waals surface area contributed by atoms with Crippen molar-refractivity contribution in [3.63, 3.8) is 0 Å². The summed E-state index contributed by atoms with van der Waals surface area (Å²) in [7, 11) is 1.65. The van der Waals surface area contributed by atoms with Crippen molar-refractivity contribution in [3.8, 4) is 5.75 Å². The number of halogens is 3. The number of hydrogen-bond donors (Lipinski definition) is 1. The van der Waals surface area contributed by atoms with Gasteiger partial charge in [-0.05, 0) is 55.6 Å². The van der Waals surface area contributed by atoms with Gasteiger partial charge in [0.25, 0.3) is 0 Å². The van der Waals surface area contributed by atoms with Crippen LogP contribution in [0.15, 0.2) is 45.3 Å². The topological polar surface area (TPSA) is 21.3 Å². The predicted molar refractivity (Wildman–Crippen MR) is 87.2 cm³/mol.